The summed E-state index contributed by atoms with van der Waals surface area (Å²) < 4.78 is 1.15. The van der Waals surface area contributed by atoms with Crippen molar-refractivity contribution >= 4 is 21.6 Å². The molecule has 1 aliphatic carbocycles. The van der Waals surface area contributed by atoms with Crippen LogP contribution >= 0.6 is 15.9 Å². The van der Waals surface area contributed by atoms with Gasteiger partial charge in [-0.3, -0.25) is 4.90 Å². The highest BCUT2D eigenvalue weighted by molar-refractivity contribution is 9.10. The Bertz CT molecular complexity index is 479. The molecule has 116 valence electrons. The summed E-state index contributed by atoms with van der Waals surface area (Å²) in [5.74, 6) is 0. The number of hydrogen-bond acceptors (Lipinski definition) is 3. The molecule has 2 N–H and O–H groups in total. The fraction of sp³-hybridized carbons (Fsp3) is 0.647. The zero-order valence-electron chi connectivity index (χ0n) is 12.9. The number of benzene rings is 1. The zero-order valence-corrected chi connectivity index (χ0v) is 14.5. The van der Waals surface area contributed by atoms with Gasteiger partial charge in [-0.25, -0.2) is 0 Å². The van der Waals surface area contributed by atoms with Gasteiger partial charge in [0.2, 0.25) is 0 Å². The van der Waals surface area contributed by atoms with Gasteiger partial charge >= 0.3 is 0 Å². The predicted octanol–water partition coefficient (Wildman–Crippen LogP) is 3.01. The minimum Gasteiger partial charge on any atom is -0.369 e. The molecule has 1 atom stereocenters. The largest absolute Gasteiger partial charge is 0.369 e. The summed E-state index contributed by atoms with van der Waals surface area (Å²) >= 11 is 3.60. The van der Waals surface area contributed by atoms with E-state index in [4.69, 9.17) is 5.73 Å². The van der Waals surface area contributed by atoms with Gasteiger partial charge in [-0.2, -0.15) is 0 Å². The molecule has 2 fully saturated rings. The van der Waals surface area contributed by atoms with E-state index in [9.17, 15) is 0 Å². The summed E-state index contributed by atoms with van der Waals surface area (Å²) in [6, 6.07) is 7.81. The lowest BCUT2D eigenvalue weighted by Crippen LogP contribution is -2.47. The fourth-order valence-corrected chi connectivity index (χ4v) is 3.63. The Hall–Kier alpha value is -0.580. The molecule has 1 saturated carbocycles. The van der Waals surface area contributed by atoms with Gasteiger partial charge in [0.15, 0.2) is 0 Å². The van der Waals surface area contributed by atoms with Gasteiger partial charge in [-0.05, 0) is 49.4 Å². The van der Waals surface area contributed by atoms with Crippen molar-refractivity contribution in [2.75, 3.05) is 31.1 Å². The van der Waals surface area contributed by atoms with Crippen LogP contribution in [0.3, 0.4) is 0 Å². The first kappa shape index (κ1) is 15.3. The Morgan fingerprint density at radius 3 is 2.57 bits per heavy atom. The van der Waals surface area contributed by atoms with E-state index in [1.807, 2.05) is 0 Å². The molecule has 21 heavy (non-hydrogen) atoms. The van der Waals surface area contributed by atoms with Gasteiger partial charge in [0, 0.05) is 48.4 Å². The first-order chi connectivity index (χ1) is 10.2. The summed E-state index contributed by atoms with van der Waals surface area (Å²) in [5, 5.41) is 0. The maximum atomic E-state index is 6.18. The van der Waals surface area contributed by atoms with Crippen molar-refractivity contribution < 1.29 is 0 Å². The smallest absolute Gasteiger partial charge is 0.0401 e. The SMILES string of the molecule is CCC(N)Cc1cc(Br)ccc1N1CCN(C2CC2)CC1. The quantitative estimate of drug-likeness (QED) is 0.884. The molecular formula is C17H26BrN3. The van der Waals surface area contributed by atoms with Crippen molar-refractivity contribution in [1.82, 2.24) is 4.90 Å². The monoisotopic (exact) mass is 351 g/mol. The molecule has 1 aliphatic heterocycles. The Balaban J connectivity index is 1.71. The minimum absolute atomic E-state index is 0.255. The van der Waals surface area contributed by atoms with Crippen LogP contribution < -0.4 is 10.6 Å². The normalized spacial score (nSPS) is 21.6. The molecule has 1 heterocycles. The second-order valence-corrected chi connectivity index (χ2v) is 7.32. The molecule has 3 nitrogen and oxygen atoms in total. The van der Waals surface area contributed by atoms with Crippen LogP contribution in [0, 0.1) is 0 Å². The standard InChI is InChI=1S/C17H26BrN3/c1-2-15(19)12-13-11-14(18)3-6-17(13)21-9-7-20(8-10-21)16-4-5-16/h3,6,11,15-16H,2,4-5,7-10,12,19H2,1H3. The van der Waals surface area contributed by atoms with E-state index in [0.717, 1.165) is 36.4 Å². The average Bonchev–Trinajstić information content (AvgIpc) is 3.32. The Labute approximate surface area is 136 Å². The molecule has 2 aliphatic rings. The van der Waals surface area contributed by atoms with Crippen LogP contribution in [0.4, 0.5) is 5.69 Å². The van der Waals surface area contributed by atoms with Crippen molar-refractivity contribution in [1.29, 1.82) is 0 Å². The molecule has 1 aromatic carbocycles. The van der Waals surface area contributed by atoms with Crippen molar-refractivity contribution in [3.05, 3.63) is 28.2 Å². The molecule has 1 unspecified atom stereocenters. The number of nitrogens with two attached hydrogens (primary N) is 1. The number of halogens is 1. The van der Waals surface area contributed by atoms with E-state index >= 15 is 0 Å². The molecule has 0 spiro atoms. The van der Waals surface area contributed by atoms with E-state index in [0.29, 0.717) is 0 Å². The van der Waals surface area contributed by atoms with E-state index in [-0.39, 0.29) is 6.04 Å². The fourth-order valence-electron chi connectivity index (χ4n) is 3.22. The molecule has 1 saturated heterocycles. The third-order valence-electron chi connectivity index (χ3n) is 4.77. The van der Waals surface area contributed by atoms with Crippen LogP contribution in [0.2, 0.25) is 0 Å². The first-order valence-electron chi connectivity index (χ1n) is 8.20. The highest BCUT2D eigenvalue weighted by Crippen LogP contribution is 2.30. The van der Waals surface area contributed by atoms with Gasteiger partial charge in [0.05, 0.1) is 0 Å². The number of anilines is 1. The lowest BCUT2D eigenvalue weighted by molar-refractivity contribution is 0.248. The van der Waals surface area contributed by atoms with Crippen molar-refractivity contribution in [2.24, 2.45) is 5.73 Å². The summed E-state index contributed by atoms with van der Waals surface area (Å²) in [5.41, 5.74) is 8.96. The zero-order chi connectivity index (χ0) is 14.8. The predicted molar refractivity (Wildman–Crippen MR) is 92.9 cm³/mol. The highest BCUT2D eigenvalue weighted by Gasteiger charge is 2.31. The van der Waals surface area contributed by atoms with Crippen LogP contribution in [0.5, 0.6) is 0 Å². The topological polar surface area (TPSA) is 32.5 Å². The van der Waals surface area contributed by atoms with E-state index in [1.54, 1.807) is 0 Å². The van der Waals surface area contributed by atoms with E-state index in [2.05, 4.69) is 50.9 Å². The van der Waals surface area contributed by atoms with Crippen molar-refractivity contribution in [3.8, 4) is 0 Å². The first-order valence-corrected chi connectivity index (χ1v) is 8.99. The van der Waals surface area contributed by atoms with Crippen molar-refractivity contribution in [3.63, 3.8) is 0 Å². The maximum absolute atomic E-state index is 6.18. The highest BCUT2D eigenvalue weighted by atomic mass is 79.9. The van der Waals surface area contributed by atoms with Crippen LogP contribution in [-0.2, 0) is 6.42 Å². The number of nitrogens with zero attached hydrogens (tertiary/aromatic N) is 2. The maximum Gasteiger partial charge on any atom is 0.0401 e. The molecule has 4 heteroatoms. The number of hydrogen-bond donors (Lipinski definition) is 1. The third kappa shape index (κ3) is 3.79. The molecular weight excluding hydrogens is 326 g/mol. The van der Waals surface area contributed by atoms with Gasteiger partial charge in [-0.15, -0.1) is 0 Å². The van der Waals surface area contributed by atoms with Crippen LogP contribution in [0.15, 0.2) is 22.7 Å². The van der Waals surface area contributed by atoms with Crippen LogP contribution in [0.25, 0.3) is 0 Å². The molecule has 0 amide bonds. The molecule has 0 radical (unpaired) electrons. The lowest BCUT2D eigenvalue weighted by atomic mass is 10.0. The Morgan fingerprint density at radius 2 is 1.95 bits per heavy atom. The second-order valence-electron chi connectivity index (χ2n) is 6.40. The van der Waals surface area contributed by atoms with Gasteiger partial charge in [0.1, 0.15) is 0 Å². The van der Waals surface area contributed by atoms with Crippen molar-refractivity contribution in [2.45, 2.75) is 44.7 Å². The summed E-state index contributed by atoms with van der Waals surface area (Å²) in [6.45, 7) is 6.87. The Morgan fingerprint density at radius 1 is 1.24 bits per heavy atom. The lowest BCUT2D eigenvalue weighted by Gasteiger charge is -2.37. The summed E-state index contributed by atoms with van der Waals surface area (Å²) in [7, 11) is 0. The second kappa shape index (κ2) is 6.67. The number of piperazine rings is 1. The van der Waals surface area contributed by atoms with Crippen LogP contribution in [-0.4, -0.2) is 43.2 Å². The molecule has 3 rings (SSSR count). The molecule has 0 aromatic heterocycles. The third-order valence-corrected chi connectivity index (χ3v) is 5.26. The summed E-state index contributed by atoms with van der Waals surface area (Å²) in [6.07, 6.45) is 4.82. The van der Waals surface area contributed by atoms with Crippen LogP contribution in [0.1, 0.15) is 31.7 Å². The minimum atomic E-state index is 0.255. The molecule has 1 aromatic rings. The van der Waals surface area contributed by atoms with Gasteiger partial charge < -0.3 is 10.6 Å². The Kier molecular flexibility index (Phi) is 4.87. The number of rotatable bonds is 5. The average molecular weight is 352 g/mol. The van der Waals surface area contributed by atoms with Gasteiger partial charge in [-0.1, -0.05) is 22.9 Å². The van der Waals surface area contributed by atoms with E-state index < -0.39 is 0 Å². The molecule has 0 bridgehead atoms. The summed E-state index contributed by atoms with van der Waals surface area (Å²) in [4.78, 5) is 5.20. The van der Waals surface area contributed by atoms with Gasteiger partial charge in [0.25, 0.3) is 0 Å². The van der Waals surface area contributed by atoms with E-state index in [1.165, 1.54) is 37.2 Å².